The minimum Gasteiger partial charge on any atom is -0.508 e. The highest BCUT2D eigenvalue weighted by Crippen LogP contribution is 2.27. The van der Waals surface area contributed by atoms with Crippen LogP contribution in [0.25, 0.3) is 0 Å². The van der Waals surface area contributed by atoms with Crippen molar-refractivity contribution in [1.82, 2.24) is 0 Å². The summed E-state index contributed by atoms with van der Waals surface area (Å²) in [4.78, 5) is 12.0. The van der Waals surface area contributed by atoms with Crippen LogP contribution in [0.5, 0.6) is 11.5 Å². The number of ether oxygens (including phenoxy) is 1. The quantitative estimate of drug-likeness (QED) is 0.751. The van der Waals surface area contributed by atoms with Crippen LogP contribution in [-0.2, 0) is 0 Å². The molecule has 4 N–H and O–H groups in total. The van der Waals surface area contributed by atoms with Crippen LogP contribution in [0.2, 0.25) is 0 Å². The van der Waals surface area contributed by atoms with E-state index in [0.29, 0.717) is 17.1 Å². The van der Waals surface area contributed by atoms with Gasteiger partial charge in [-0.15, -0.1) is 0 Å². The van der Waals surface area contributed by atoms with Crippen LogP contribution in [0.4, 0.5) is 15.8 Å². The summed E-state index contributed by atoms with van der Waals surface area (Å²) in [5.74, 6) is -1.32. The fourth-order valence-corrected chi connectivity index (χ4v) is 1.70. The van der Waals surface area contributed by atoms with E-state index in [0.717, 1.165) is 6.07 Å². The van der Waals surface area contributed by atoms with Crippen LogP contribution in [0.3, 0.4) is 0 Å². The van der Waals surface area contributed by atoms with Gasteiger partial charge in [0.25, 0.3) is 5.91 Å². The smallest absolute Gasteiger partial charge is 0.258 e. The monoisotopic (exact) mass is 276 g/mol. The molecule has 2 aromatic rings. The number of rotatable bonds is 3. The van der Waals surface area contributed by atoms with E-state index in [4.69, 9.17) is 15.6 Å². The number of carbonyl (C=O) groups is 1. The summed E-state index contributed by atoms with van der Waals surface area (Å²) < 4.78 is 18.7. The summed E-state index contributed by atoms with van der Waals surface area (Å²) >= 11 is 0. The molecule has 0 saturated carbocycles. The van der Waals surface area contributed by atoms with Crippen LogP contribution >= 0.6 is 0 Å². The second-order valence-electron chi connectivity index (χ2n) is 4.08. The van der Waals surface area contributed by atoms with Crippen molar-refractivity contribution in [3.8, 4) is 11.5 Å². The first-order valence-electron chi connectivity index (χ1n) is 5.74. The number of nitrogens with one attached hydrogen (secondary N) is 1. The minimum absolute atomic E-state index is 0.188. The molecule has 104 valence electrons. The van der Waals surface area contributed by atoms with E-state index in [2.05, 4.69) is 5.32 Å². The molecule has 0 radical (unpaired) electrons. The van der Waals surface area contributed by atoms with Crippen molar-refractivity contribution in [2.75, 3.05) is 18.2 Å². The molecular formula is C14H13FN2O3. The van der Waals surface area contributed by atoms with E-state index in [1.165, 1.54) is 25.3 Å². The van der Waals surface area contributed by atoms with Crippen LogP contribution in [-0.4, -0.2) is 18.1 Å². The maximum absolute atomic E-state index is 13.6. The number of amides is 1. The lowest BCUT2D eigenvalue weighted by atomic mass is 10.1. The first-order valence-corrected chi connectivity index (χ1v) is 5.74. The lowest BCUT2D eigenvalue weighted by molar-refractivity contribution is 0.102. The van der Waals surface area contributed by atoms with Crippen molar-refractivity contribution in [2.24, 2.45) is 0 Å². The number of hydrogen-bond donors (Lipinski definition) is 3. The molecule has 0 spiro atoms. The van der Waals surface area contributed by atoms with Crippen LogP contribution in [0.15, 0.2) is 36.4 Å². The Morgan fingerprint density at radius 3 is 2.70 bits per heavy atom. The average molecular weight is 276 g/mol. The lowest BCUT2D eigenvalue weighted by Crippen LogP contribution is -2.14. The van der Waals surface area contributed by atoms with E-state index >= 15 is 0 Å². The van der Waals surface area contributed by atoms with Crippen molar-refractivity contribution in [3.05, 3.63) is 47.8 Å². The largest absolute Gasteiger partial charge is 0.508 e. The number of anilines is 2. The van der Waals surface area contributed by atoms with E-state index in [-0.39, 0.29) is 11.3 Å². The average Bonchev–Trinajstić information content (AvgIpc) is 2.38. The molecule has 0 aromatic heterocycles. The Morgan fingerprint density at radius 1 is 1.30 bits per heavy atom. The Balaban J connectivity index is 2.30. The molecule has 0 bridgehead atoms. The van der Waals surface area contributed by atoms with Crippen LogP contribution in [0, 0.1) is 5.82 Å². The number of nitrogens with two attached hydrogens (primary N) is 1. The maximum atomic E-state index is 13.6. The van der Waals surface area contributed by atoms with E-state index in [1.807, 2.05) is 0 Å². The number of halogens is 1. The van der Waals surface area contributed by atoms with Gasteiger partial charge in [0, 0.05) is 11.8 Å². The predicted molar refractivity (Wildman–Crippen MR) is 73.4 cm³/mol. The zero-order valence-corrected chi connectivity index (χ0v) is 10.7. The highest BCUT2D eigenvalue weighted by molar-refractivity contribution is 6.05. The zero-order valence-electron chi connectivity index (χ0n) is 10.7. The lowest BCUT2D eigenvalue weighted by Gasteiger charge is -2.11. The SMILES string of the molecule is COc1ccc(N)cc1NC(=O)c1ccc(O)cc1F. The second-order valence-corrected chi connectivity index (χ2v) is 4.08. The molecule has 0 aliphatic heterocycles. The number of benzene rings is 2. The third-order valence-electron chi connectivity index (χ3n) is 2.67. The van der Waals surface area contributed by atoms with E-state index in [1.54, 1.807) is 12.1 Å². The summed E-state index contributed by atoms with van der Waals surface area (Å²) in [6.07, 6.45) is 0. The zero-order chi connectivity index (χ0) is 14.7. The van der Waals surface area contributed by atoms with E-state index in [9.17, 15) is 9.18 Å². The summed E-state index contributed by atoms with van der Waals surface area (Å²) in [5, 5.41) is 11.6. The molecule has 0 aliphatic carbocycles. The number of nitrogen functional groups attached to an aromatic ring is 1. The van der Waals surface area contributed by atoms with Gasteiger partial charge in [-0.05, 0) is 30.3 Å². The highest BCUT2D eigenvalue weighted by Gasteiger charge is 2.14. The standard InChI is InChI=1S/C14H13FN2O3/c1-20-13-5-2-8(16)6-12(13)17-14(19)10-4-3-9(18)7-11(10)15/h2-7,18H,16H2,1H3,(H,17,19). The first-order chi connectivity index (χ1) is 9.51. The van der Waals surface area contributed by atoms with Crippen LogP contribution < -0.4 is 15.8 Å². The number of aromatic hydroxyl groups is 1. The number of phenols is 1. The molecule has 1 amide bonds. The van der Waals surface area contributed by atoms with Crippen LogP contribution in [0.1, 0.15) is 10.4 Å². The third-order valence-corrected chi connectivity index (χ3v) is 2.67. The van der Waals surface area contributed by atoms with Crippen molar-refractivity contribution in [3.63, 3.8) is 0 Å². The molecule has 2 aromatic carbocycles. The van der Waals surface area contributed by atoms with Gasteiger partial charge in [0.1, 0.15) is 17.3 Å². The third kappa shape index (κ3) is 2.80. The van der Waals surface area contributed by atoms with Crippen molar-refractivity contribution in [2.45, 2.75) is 0 Å². The molecule has 0 fully saturated rings. The summed E-state index contributed by atoms with van der Waals surface area (Å²) in [6.45, 7) is 0. The normalized spacial score (nSPS) is 10.1. The minimum atomic E-state index is -0.814. The molecule has 5 nitrogen and oxygen atoms in total. The molecule has 0 saturated heterocycles. The predicted octanol–water partition coefficient (Wildman–Crippen LogP) is 2.37. The summed E-state index contributed by atoms with van der Waals surface area (Å²) in [5.41, 5.74) is 6.22. The summed E-state index contributed by atoms with van der Waals surface area (Å²) in [7, 11) is 1.45. The van der Waals surface area contributed by atoms with Gasteiger partial charge < -0.3 is 20.9 Å². The van der Waals surface area contributed by atoms with Gasteiger partial charge in [-0.3, -0.25) is 4.79 Å². The number of hydrogen-bond acceptors (Lipinski definition) is 4. The Morgan fingerprint density at radius 2 is 2.05 bits per heavy atom. The second kappa shape index (κ2) is 5.48. The fourth-order valence-electron chi connectivity index (χ4n) is 1.70. The molecule has 20 heavy (non-hydrogen) atoms. The number of carbonyl (C=O) groups excluding carboxylic acids is 1. The first kappa shape index (κ1) is 13.7. The van der Waals surface area contributed by atoms with Gasteiger partial charge in [0.05, 0.1) is 18.4 Å². The molecule has 0 aliphatic rings. The van der Waals surface area contributed by atoms with Gasteiger partial charge in [0.2, 0.25) is 0 Å². The van der Waals surface area contributed by atoms with Gasteiger partial charge >= 0.3 is 0 Å². The Bertz CT molecular complexity index is 659. The van der Waals surface area contributed by atoms with Crippen molar-refractivity contribution >= 4 is 17.3 Å². The van der Waals surface area contributed by atoms with Gasteiger partial charge in [-0.25, -0.2) is 4.39 Å². The van der Waals surface area contributed by atoms with Gasteiger partial charge in [-0.1, -0.05) is 0 Å². The number of methoxy groups -OCH3 is 1. The van der Waals surface area contributed by atoms with Gasteiger partial charge in [-0.2, -0.15) is 0 Å². The molecule has 0 unspecified atom stereocenters. The molecule has 0 atom stereocenters. The molecule has 6 heteroatoms. The topological polar surface area (TPSA) is 84.6 Å². The molecular weight excluding hydrogens is 263 g/mol. The van der Waals surface area contributed by atoms with Gasteiger partial charge in [0.15, 0.2) is 0 Å². The Kier molecular flexibility index (Phi) is 3.74. The van der Waals surface area contributed by atoms with E-state index < -0.39 is 11.7 Å². The highest BCUT2D eigenvalue weighted by atomic mass is 19.1. The summed E-state index contributed by atoms with van der Waals surface area (Å²) in [6, 6.07) is 8.02. The Hall–Kier alpha value is -2.76. The van der Waals surface area contributed by atoms with Crippen molar-refractivity contribution < 1.29 is 19.0 Å². The molecule has 0 heterocycles. The Labute approximate surface area is 114 Å². The maximum Gasteiger partial charge on any atom is 0.258 e. The molecule has 2 rings (SSSR count). The van der Waals surface area contributed by atoms with Crippen molar-refractivity contribution in [1.29, 1.82) is 0 Å². The number of phenolic OH excluding ortho intramolecular Hbond substituents is 1. The fraction of sp³-hybridized carbons (Fsp3) is 0.0714.